The monoisotopic (exact) mass is 902 g/mol. The van der Waals surface area contributed by atoms with Crippen LogP contribution in [0, 0.1) is 5.92 Å². The maximum atomic E-state index is 15.0. The largest absolute Gasteiger partial charge is 0.497 e. The number of hydrogen-bond acceptors (Lipinski definition) is 12. The van der Waals surface area contributed by atoms with Gasteiger partial charge in [0, 0.05) is 71.6 Å². The van der Waals surface area contributed by atoms with E-state index in [-0.39, 0.29) is 29.3 Å². The van der Waals surface area contributed by atoms with Gasteiger partial charge < -0.3 is 30.4 Å². The molecule has 2 amide bonds. The predicted octanol–water partition coefficient (Wildman–Crippen LogP) is 8.17. The van der Waals surface area contributed by atoms with Crippen LogP contribution in [0.5, 0.6) is 11.5 Å². The van der Waals surface area contributed by atoms with Gasteiger partial charge in [-0.05, 0) is 88.2 Å². The number of anilines is 2. The fraction of sp³-hybridized carbons (Fsp3) is 0.375. The van der Waals surface area contributed by atoms with E-state index in [1.807, 2.05) is 66.1 Å². The average Bonchev–Trinajstić information content (AvgIpc) is 3.64. The third-order valence-electron chi connectivity index (χ3n) is 12.5. The van der Waals surface area contributed by atoms with E-state index in [2.05, 4.69) is 57.4 Å². The first kappa shape index (κ1) is 43.3. The summed E-state index contributed by atoms with van der Waals surface area (Å²) in [6, 6.07) is 23.5. The normalized spacial score (nSPS) is 23.5. The number of aromatic nitrogens is 3. The van der Waals surface area contributed by atoms with Gasteiger partial charge in [0.05, 0.1) is 30.0 Å². The van der Waals surface area contributed by atoms with Crippen LogP contribution in [0.1, 0.15) is 71.0 Å². The first-order valence-electron chi connectivity index (χ1n) is 22.0. The Morgan fingerprint density at radius 2 is 1.81 bits per heavy atom. The van der Waals surface area contributed by atoms with E-state index in [9.17, 15) is 18.0 Å². The molecule has 5 N–H and O–H groups in total. The summed E-state index contributed by atoms with van der Waals surface area (Å²) >= 11 is 1.50. The summed E-state index contributed by atoms with van der Waals surface area (Å²) in [5.74, 6) is -0.293. The molecule has 2 fully saturated rings. The molecule has 3 aromatic carbocycles. The molecule has 0 bridgehead atoms. The molecule has 334 valence electrons. The number of para-hydroxylation sites is 2. The lowest BCUT2D eigenvalue weighted by Crippen LogP contribution is -2.56. The molecule has 3 aliphatic rings. The van der Waals surface area contributed by atoms with Crippen LogP contribution in [0.3, 0.4) is 0 Å². The van der Waals surface area contributed by atoms with Crippen molar-refractivity contribution in [1.29, 1.82) is 0 Å². The molecule has 16 heteroatoms. The molecule has 0 radical (unpaired) electrons. The van der Waals surface area contributed by atoms with Crippen LogP contribution in [0.2, 0.25) is 0 Å². The Morgan fingerprint density at radius 1 is 0.984 bits per heavy atom. The van der Waals surface area contributed by atoms with Crippen LogP contribution in [0.4, 0.5) is 10.8 Å². The number of nitrogens with one attached hydrogen (secondary N) is 5. The maximum Gasteiger partial charge on any atom is 0.266 e. The third kappa shape index (κ3) is 8.91. The Labute approximate surface area is 377 Å². The number of rotatable bonds is 10. The van der Waals surface area contributed by atoms with Gasteiger partial charge in [-0.15, -0.1) is 11.3 Å². The SMILES string of the molecule is COc1ccc2c(O[C@@H]3C[C@@H](C(=O)N[C@]45C[C@H]4/C=C\CCCCCNc4ccccc4S(=O)(=O)NC5=O)N(C(C)c4cc5ccccc5[nH]4)C3)cc(-c3csc(NC(C)C)n3)nc2c1. The number of sulfonamides is 1. The van der Waals surface area contributed by atoms with E-state index in [0.717, 1.165) is 52.8 Å². The lowest BCUT2D eigenvalue weighted by atomic mass is 10.1. The van der Waals surface area contributed by atoms with Crippen LogP contribution in [0.25, 0.3) is 33.2 Å². The molecule has 64 heavy (non-hydrogen) atoms. The van der Waals surface area contributed by atoms with Gasteiger partial charge in [-0.3, -0.25) is 14.5 Å². The molecule has 14 nitrogen and oxygen atoms in total. The fourth-order valence-electron chi connectivity index (χ4n) is 8.96. The highest BCUT2D eigenvalue weighted by atomic mass is 32.2. The Balaban J connectivity index is 1.04. The number of fused-ring (bicyclic) bond motifs is 4. The summed E-state index contributed by atoms with van der Waals surface area (Å²) in [6.45, 7) is 7.16. The number of benzene rings is 3. The van der Waals surface area contributed by atoms with Crippen molar-refractivity contribution in [1.82, 2.24) is 29.9 Å². The first-order valence-corrected chi connectivity index (χ1v) is 24.4. The number of carbonyl (C=O) groups is 2. The van der Waals surface area contributed by atoms with Gasteiger partial charge in [-0.1, -0.05) is 48.9 Å². The molecule has 1 saturated heterocycles. The van der Waals surface area contributed by atoms with Gasteiger partial charge in [0.2, 0.25) is 5.91 Å². The second-order valence-electron chi connectivity index (χ2n) is 17.3. The number of carbonyl (C=O) groups excluding carboxylic acids is 2. The number of allylic oxidation sites excluding steroid dienone is 1. The molecule has 1 saturated carbocycles. The van der Waals surface area contributed by atoms with Crippen molar-refractivity contribution in [3.8, 4) is 22.9 Å². The molecule has 1 unspecified atom stereocenters. The minimum Gasteiger partial charge on any atom is -0.497 e. The van der Waals surface area contributed by atoms with Crippen LogP contribution in [0.15, 0.2) is 101 Å². The number of methoxy groups -OCH3 is 1. The summed E-state index contributed by atoms with van der Waals surface area (Å²) in [6.07, 6.45) is 7.67. The maximum absolute atomic E-state index is 15.0. The van der Waals surface area contributed by atoms with E-state index in [4.69, 9.17) is 19.4 Å². The van der Waals surface area contributed by atoms with Gasteiger partial charge in [0.15, 0.2) is 5.13 Å². The Kier molecular flexibility index (Phi) is 12.1. The summed E-state index contributed by atoms with van der Waals surface area (Å²) in [4.78, 5) is 44.8. The number of thiazole rings is 1. The van der Waals surface area contributed by atoms with Crippen molar-refractivity contribution in [2.24, 2.45) is 5.92 Å². The van der Waals surface area contributed by atoms with E-state index in [0.29, 0.717) is 53.6 Å². The Morgan fingerprint density at radius 3 is 2.64 bits per heavy atom. The first-order chi connectivity index (χ1) is 30.9. The molecule has 9 rings (SSSR count). The second kappa shape index (κ2) is 17.9. The number of aromatic amines is 1. The molecule has 2 aliphatic heterocycles. The lowest BCUT2D eigenvalue weighted by molar-refractivity contribution is -0.132. The van der Waals surface area contributed by atoms with Crippen molar-refractivity contribution < 1.29 is 27.5 Å². The van der Waals surface area contributed by atoms with Crippen molar-refractivity contribution in [2.45, 2.75) is 94.0 Å². The van der Waals surface area contributed by atoms with Gasteiger partial charge in [-0.2, -0.15) is 0 Å². The van der Waals surface area contributed by atoms with E-state index < -0.39 is 39.5 Å². The zero-order valence-electron chi connectivity index (χ0n) is 36.4. The predicted molar refractivity (Wildman–Crippen MR) is 251 cm³/mol. The van der Waals surface area contributed by atoms with E-state index in [1.165, 1.54) is 17.4 Å². The Hall–Kier alpha value is -5.97. The highest BCUT2D eigenvalue weighted by Crippen LogP contribution is 2.46. The van der Waals surface area contributed by atoms with Gasteiger partial charge >= 0.3 is 0 Å². The van der Waals surface area contributed by atoms with Gasteiger partial charge in [0.25, 0.3) is 15.9 Å². The Bertz CT molecular complexity index is 2810. The van der Waals surface area contributed by atoms with Crippen LogP contribution >= 0.6 is 11.3 Å². The number of pyridine rings is 1. The quantitative estimate of drug-likeness (QED) is 0.0838. The minimum atomic E-state index is -4.31. The van der Waals surface area contributed by atoms with Crippen molar-refractivity contribution >= 4 is 65.8 Å². The summed E-state index contributed by atoms with van der Waals surface area (Å²) in [5.41, 5.74) is 2.87. The van der Waals surface area contributed by atoms with Crippen LogP contribution in [-0.2, 0) is 19.6 Å². The third-order valence-corrected chi connectivity index (χ3v) is 14.6. The van der Waals surface area contributed by atoms with Crippen LogP contribution in [-0.4, -0.2) is 84.0 Å². The molecule has 3 aromatic heterocycles. The van der Waals surface area contributed by atoms with Gasteiger partial charge in [0.1, 0.15) is 33.7 Å². The standard InChI is InChI=1S/C48H54N8O6S2/c1-29(2)50-47-53-41(28-63-47)40-25-43(35-20-19-33(61-4)23-39(35)52-40)62-34-24-42(56(27-34)30(3)38-22-31-14-9-10-16-36(31)51-38)45(57)54-48-26-32(48)15-8-6-5-7-13-21-49-37-17-11-12-18-44(37)64(59,60)55-46(48)58/h8-12,14-20,22-23,25,28-30,32,34,42,49,51H,5-7,13,21,24,26-27H2,1-4H3,(H,50,53)(H,54,57)(H,55,58)/b15-8-/t30?,32-,34-,42+,48-/m1/s1. The van der Waals surface area contributed by atoms with Crippen molar-refractivity contribution in [3.05, 3.63) is 102 Å². The average molecular weight is 903 g/mol. The lowest BCUT2D eigenvalue weighted by Gasteiger charge is -2.30. The zero-order valence-corrected chi connectivity index (χ0v) is 38.0. The molecule has 0 spiro atoms. The highest BCUT2D eigenvalue weighted by molar-refractivity contribution is 7.90. The van der Waals surface area contributed by atoms with E-state index in [1.54, 1.807) is 25.3 Å². The number of amides is 2. The zero-order chi connectivity index (χ0) is 44.6. The summed E-state index contributed by atoms with van der Waals surface area (Å²) in [5, 5.41) is 14.3. The van der Waals surface area contributed by atoms with E-state index >= 15 is 0 Å². The fourth-order valence-corrected chi connectivity index (χ4v) is 11.0. The molecular formula is C48H54N8O6S2. The molecule has 5 heterocycles. The number of H-pyrrole nitrogens is 1. The molecule has 1 aliphatic carbocycles. The molecular weight excluding hydrogens is 849 g/mol. The molecule has 5 atom stereocenters. The van der Waals surface area contributed by atoms with Crippen molar-refractivity contribution in [2.75, 3.05) is 30.8 Å². The van der Waals surface area contributed by atoms with Crippen LogP contribution < -0.4 is 30.1 Å². The smallest absolute Gasteiger partial charge is 0.266 e. The molecule has 6 aromatic rings. The number of ether oxygens (including phenoxy) is 2. The van der Waals surface area contributed by atoms with Crippen molar-refractivity contribution in [3.63, 3.8) is 0 Å². The minimum absolute atomic E-state index is 0.0192. The summed E-state index contributed by atoms with van der Waals surface area (Å²) in [7, 11) is -2.69. The summed E-state index contributed by atoms with van der Waals surface area (Å²) < 4.78 is 42.7. The topological polar surface area (TPSA) is 180 Å². The second-order valence-corrected chi connectivity index (χ2v) is 19.8. The number of likely N-dealkylation sites (tertiary alicyclic amines) is 1. The number of nitrogens with zero attached hydrogens (tertiary/aromatic N) is 3. The van der Waals surface area contributed by atoms with Gasteiger partial charge in [-0.25, -0.2) is 23.1 Å². The number of hydrogen-bond donors (Lipinski definition) is 5. The highest BCUT2D eigenvalue weighted by Gasteiger charge is 2.61.